The van der Waals surface area contributed by atoms with Crippen molar-refractivity contribution in [3.05, 3.63) is 97.3 Å². The minimum atomic E-state index is -0.827. The third-order valence-corrected chi connectivity index (χ3v) is 7.08. The first-order valence-electron chi connectivity index (χ1n) is 12.1. The van der Waals surface area contributed by atoms with Crippen LogP contribution in [0, 0.1) is 24.1 Å². The van der Waals surface area contributed by atoms with E-state index >= 15 is 0 Å². The number of aryl methyl sites for hydroxylation is 1. The summed E-state index contributed by atoms with van der Waals surface area (Å²) in [4.78, 5) is 39.7. The molecule has 0 aliphatic rings. The number of anilines is 3. The molecule has 0 spiro atoms. The zero-order valence-electron chi connectivity index (χ0n) is 21.6. The topological polar surface area (TPSA) is 131 Å². The smallest absolute Gasteiger partial charge is 0.359 e. The lowest BCUT2D eigenvalue weighted by molar-refractivity contribution is 0.620. The number of thiazole rings is 1. The molecule has 0 amide bonds. The van der Waals surface area contributed by atoms with Gasteiger partial charge in [0.1, 0.15) is 11.9 Å². The van der Waals surface area contributed by atoms with Gasteiger partial charge in [-0.05, 0) is 62.2 Å². The maximum Gasteiger partial charge on any atom is 0.359 e. The monoisotopic (exact) mass is 576 g/mol. The fourth-order valence-electron chi connectivity index (χ4n) is 4.03. The lowest BCUT2D eigenvalue weighted by Crippen LogP contribution is -2.41. The van der Waals surface area contributed by atoms with Crippen molar-refractivity contribution in [1.82, 2.24) is 24.1 Å². The largest absolute Gasteiger partial charge is 0.359 e. The molecule has 0 saturated heterocycles. The maximum atomic E-state index is 14.0. The van der Waals surface area contributed by atoms with E-state index in [1.54, 1.807) is 37.4 Å². The Morgan fingerprint density at radius 1 is 1.15 bits per heavy atom. The lowest BCUT2D eigenvalue weighted by atomic mass is 10.1. The molecule has 0 atom stereocenters. The highest BCUT2D eigenvalue weighted by Gasteiger charge is 2.18. The molecule has 10 nitrogen and oxygen atoms in total. The number of benzene rings is 2. The minimum Gasteiger partial charge on any atom is -0.359 e. The van der Waals surface area contributed by atoms with Crippen LogP contribution >= 0.6 is 22.9 Å². The Kier molecular flexibility index (Phi) is 7.34. The molecular formula is C27H22ClFN8O2S. The Balaban J connectivity index is 1.65. The summed E-state index contributed by atoms with van der Waals surface area (Å²) in [5.74, 6) is -0.761. The van der Waals surface area contributed by atoms with Crippen LogP contribution in [0.2, 0.25) is 5.02 Å². The SMILES string of the molecule is Cc1cncc(-n2c(=O)nc(Nc3cc4sc(NC(C)C)nc4cc3Cl)n(Cc3ccc(F)c(C#N)c3)c2=O)c1. The van der Waals surface area contributed by atoms with Crippen LogP contribution in [0.15, 0.2) is 58.4 Å². The Labute approximate surface area is 236 Å². The average Bonchev–Trinajstić information content (AvgIpc) is 3.27. The summed E-state index contributed by atoms with van der Waals surface area (Å²) >= 11 is 7.99. The molecule has 3 heterocycles. The number of halogens is 2. The summed E-state index contributed by atoms with van der Waals surface area (Å²) in [5, 5.41) is 16.6. The first-order valence-corrected chi connectivity index (χ1v) is 13.3. The van der Waals surface area contributed by atoms with Crippen molar-refractivity contribution in [3.63, 3.8) is 0 Å². The van der Waals surface area contributed by atoms with Gasteiger partial charge in [-0.15, -0.1) is 0 Å². The normalized spacial score (nSPS) is 11.1. The van der Waals surface area contributed by atoms with Crippen molar-refractivity contribution >= 4 is 49.9 Å². The number of aromatic nitrogens is 5. The van der Waals surface area contributed by atoms with E-state index in [4.69, 9.17) is 11.6 Å². The van der Waals surface area contributed by atoms with Gasteiger partial charge in [0.15, 0.2) is 5.13 Å². The van der Waals surface area contributed by atoms with Gasteiger partial charge in [-0.25, -0.2) is 23.5 Å². The van der Waals surface area contributed by atoms with E-state index in [2.05, 4.69) is 25.6 Å². The van der Waals surface area contributed by atoms with Crippen LogP contribution in [0.4, 0.5) is 21.2 Å². The van der Waals surface area contributed by atoms with E-state index in [1.807, 2.05) is 13.8 Å². The molecule has 40 heavy (non-hydrogen) atoms. The summed E-state index contributed by atoms with van der Waals surface area (Å²) in [6.45, 7) is 5.68. The summed E-state index contributed by atoms with van der Waals surface area (Å²) in [7, 11) is 0. The van der Waals surface area contributed by atoms with Crippen molar-refractivity contribution < 1.29 is 4.39 Å². The minimum absolute atomic E-state index is 0.0824. The van der Waals surface area contributed by atoms with Gasteiger partial charge in [0, 0.05) is 12.2 Å². The summed E-state index contributed by atoms with van der Waals surface area (Å²) < 4.78 is 16.9. The summed E-state index contributed by atoms with van der Waals surface area (Å²) in [6.07, 6.45) is 2.98. The van der Waals surface area contributed by atoms with Gasteiger partial charge < -0.3 is 10.6 Å². The third kappa shape index (κ3) is 5.42. The molecular weight excluding hydrogens is 555 g/mol. The number of nitrogens with one attached hydrogen (secondary N) is 2. The van der Waals surface area contributed by atoms with Crippen LogP contribution in [0.3, 0.4) is 0 Å². The number of rotatable bonds is 7. The predicted octanol–water partition coefficient (Wildman–Crippen LogP) is 4.98. The number of hydrogen-bond donors (Lipinski definition) is 2. The van der Waals surface area contributed by atoms with Crippen LogP contribution in [0.25, 0.3) is 15.9 Å². The highest BCUT2D eigenvalue weighted by molar-refractivity contribution is 7.22. The highest BCUT2D eigenvalue weighted by atomic mass is 35.5. The molecule has 0 aliphatic carbocycles. The molecule has 3 aromatic heterocycles. The Hall–Kier alpha value is -4.60. The van der Waals surface area contributed by atoms with Crippen molar-refractivity contribution in [2.75, 3.05) is 10.6 Å². The molecule has 13 heteroatoms. The van der Waals surface area contributed by atoms with Gasteiger partial charge in [0.2, 0.25) is 5.95 Å². The first kappa shape index (κ1) is 27.0. The fourth-order valence-corrected chi connectivity index (χ4v) is 5.26. The molecule has 2 N–H and O–H groups in total. The Bertz CT molecular complexity index is 1930. The zero-order chi connectivity index (χ0) is 28.6. The van der Waals surface area contributed by atoms with Crippen molar-refractivity contribution in [2.24, 2.45) is 0 Å². The molecule has 0 bridgehead atoms. The molecule has 0 unspecified atom stereocenters. The first-order chi connectivity index (χ1) is 19.1. The molecule has 202 valence electrons. The van der Waals surface area contributed by atoms with Gasteiger partial charge in [0.05, 0.1) is 44.9 Å². The Morgan fingerprint density at radius 2 is 1.95 bits per heavy atom. The molecule has 0 fully saturated rings. The summed E-state index contributed by atoms with van der Waals surface area (Å²) in [5.41, 5.74) is 0.814. The van der Waals surface area contributed by atoms with Gasteiger partial charge in [0.25, 0.3) is 0 Å². The van der Waals surface area contributed by atoms with Crippen molar-refractivity contribution in [3.8, 4) is 11.8 Å². The van der Waals surface area contributed by atoms with Gasteiger partial charge >= 0.3 is 11.4 Å². The van der Waals surface area contributed by atoms with Crippen LogP contribution in [-0.4, -0.2) is 30.1 Å². The van der Waals surface area contributed by atoms with E-state index in [1.165, 1.54) is 34.2 Å². The van der Waals surface area contributed by atoms with Crippen LogP contribution in [0.5, 0.6) is 0 Å². The molecule has 0 aliphatic heterocycles. The lowest BCUT2D eigenvalue weighted by Gasteiger charge is -2.16. The quantitative estimate of drug-likeness (QED) is 0.277. The molecule has 0 saturated carbocycles. The van der Waals surface area contributed by atoms with Crippen LogP contribution in [0.1, 0.15) is 30.5 Å². The summed E-state index contributed by atoms with van der Waals surface area (Å²) in [6, 6.07) is 11.0. The van der Waals surface area contributed by atoms with Gasteiger partial charge in [-0.3, -0.25) is 9.55 Å². The van der Waals surface area contributed by atoms with E-state index in [0.717, 1.165) is 26.0 Å². The van der Waals surface area contributed by atoms with Crippen molar-refractivity contribution in [2.45, 2.75) is 33.4 Å². The van der Waals surface area contributed by atoms with E-state index in [0.29, 0.717) is 21.8 Å². The van der Waals surface area contributed by atoms with E-state index in [9.17, 15) is 19.2 Å². The number of pyridine rings is 1. The van der Waals surface area contributed by atoms with Crippen molar-refractivity contribution in [1.29, 1.82) is 5.26 Å². The van der Waals surface area contributed by atoms with E-state index < -0.39 is 17.2 Å². The van der Waals surface area contributed by atoms with Crippen LogP contribution < -0.4 is 22.0 Å². The van der Waals surface area contributed by atoms with E-state index in [-0.39, 0.29) is 29.8 Å². The second-order valence-electron chi connectivity index (χ2n) is 9.31. The van der Waals surface area contributed by atoms with Gasteiger partial charge in [-0.2, -0.15) is 10.2 Å². The molecule has 2 aromatic carbocycles. The molecule has 0 radical (unpaired) electrons. The number of nitrogens with zero attached hydrogens (tertiary/aromatic N) is 6. The second kappa shape index (κ2) is 10.9. The standard InChI is InChI=1S/C27H22ClFN8O2S/c1-14(2)32-25-34-22-8-19(28)21(9-23(22)40-25)33-24-35-26(38)37(18-6-15(3)11-31-12-18)27(39)36(24)13-16-4-5-20(29)17(7-16)10-30/h4-9,11-12,14H,13H2,1-3H3,(H,32,34)(H,33,35,38). The second-order valence-corrected chi connectivity index (χ2v) is 10.7. The average molecular weight is 577 g/mol. The highest BCUT2D eigenvalue weighted by Crippen LogP contribution is 2.34. The Morgan fingerprint density at radius 3 is 2.67 bits per heavy atom. The number of fused-ring (bicyclic) bond motifs is 1. The fraction of sp³-hybridized carbons (Fsp3) is 0.185. The zero-order valence-corrected chi connectivity index (χ0v) is 23.1. The number of hydrogen-bond acceptors (Lipinski definition) is 9. The maximum absolute atomic E-state index is 14.0. The van der Waals surface area contributed by atoms with Gasteiger partial charge in [-0.1, -0.05) is 29.0 Å². The molecule has 5 rings (SSSR count). The predicted molar refractivity (Wildman–Crippen MR) is 154 cm³/mol. The number of nitriles is 1. The third-order valence-electron chi connectivity index (χ3n) is 5.82. The molecule has 5 aromatic rings. The van der Waals surface area contributed by atoms with Crippen LogP contribution in [-0.2, 0) is 6.54 Å².